The number of allylic oxidation sites excluding steroid dienone is 1. The van der Waals surface area contributed by atoms with Gasteiger partial charge in [0.05, 0.1) is 12.4 Å². The van der Waals surface area contributed by atoms with Gasteiger partial charge in [0.1, 0.15) is 11.7 Å². The Morgan fingerprint density at radius 2 is 1.95 bits per heavy atom. The SMILES string of the molecule is C[C@H]1CCC2=C(C1)O[C@@H]1CC[C@@]2(C)[C@]12COC(C)(C)O2. The molecular formula is C17H26O3. The van der Waals surface area contributed by atoms with Crippen LogP contribution in [0.15, 0.2) is 11.3 Å². The second-order valence-electron chi connectivity index (χ2n) is 7.91. The fourth-order valence-corrected chi connectivity index (χ4v) is 4.94. The van der Waals surface area contributed by atoms with E-state index < -0.39 is 5.79 Å². The molecule has 2 aliphatic carbocycles. The molecule has 4 atom stereocenters. The van der Waals surface area contributed by atoms with Crippen molar-refractivity contribution in [2.24, 2.45) is 11.3 Å². The number of rotatable bonds is 0. The number of fused-ring (bicyclic) bond motifs is 1. The Bertz CT molecular complexity index is 481. The van der Waals surface area contributed by atoms with Crippen LogP contribution in [0.1, 0.15) is 59.8 Å². The highest BCUT2D eigenvalue weighted by atomic mass is 16.8. The predicted molar refractivity (Wildman–Crippen MR) is 76.1 cm³/mol. The van der Waals surface area contributed by atoms with E-state index in [1.807, 2.05) is 13.8 Å². The van der Waals surface area contributed by atoms with E-state index in [1.54, 1.807) is 0 Å². The lowest BCUT2D eigenvalue weighted by atomic mass is 9.65. The second-order valence-corrected chi connectivity index (χ2v) is 7.91. The van der Waals surface area contributed by atoms with E-state index in [0.29, 0.717) is 6.61 Å². The second kappa shape index (κ2) is 3.80. The van der Waals surface area contributed by atoms with E-state index in [-0.39, 0.29) is 17.1 Å². The smallest absolute Gasteiger partial charge is 0.163 e. The molecule has 0 aromatic carbocycles. The van der Waals surface area contributed by atoms with Crippen LogP contribution in [0, 0.1) is 11.3 Å². The molecule has 2 fully saturated rings. The summed E-state index contributed by atoms with van der Waals surface area (Å²) in [6.45, 7) is 9.45. The van der Waals surface area contributed by atoms with Crippen molar-refractivity contribution in [2.75, 3.05) is 6.61 Å². The standard InChI is InChI=1S/C17H26O3/c1-11-5-6-12-13(9-11)19-14-7-8-16(12,4)17(14)10-18-15(2,3)20-17/h11,14H,5-10H2,1-4H3/t11-,14+,16+,17-/m0/s1. The van der Waals surface area contributed by atoms with Crippen LogP contribution in [0.3, 0.4) is 0 Å². The molecular weight excluding hydrogens is 252 g/mol. The first kappa shape index (κ1) is 13.1. The van der Waals surface area contributed by atoms with Crippen LogP contribution in [0.5, 0.6) is 0 Å². The molecule has 4 rings (SSSR count). The molecule has 0 amide bonds. The quantitative estimate of drug-likeness (QED) is 0.675. The minimum atomic E-state index is -0.479. The highest BCUT2D eigenvalue weighted by Crippen LogP contribution is 2.63. The van der Waals surface area contributed by atoms with Gasteiger partial charge in [-0.1, -0.05) is 13.8 Å². The van der Waals surface area contributed by atoms with Crippen molar-refractivity contribution in [3.8, 4) is 0 Å². The van der Waals surface area contributed by atoms with Crippen LogP contribution in [-0.4, -0.2) is 24.1 Å². The summed E-state index contributed by atoms with van der Waals surface area (Å²) in [5, 5.41) is 0. The molecule has 0 unspecified atom stereocenters. The minimum Gasteiger partial charge on any atom is -0.492 e. The third-order valence-electron chi connectivity index (χ3n) is 6.13. The molecule has 1 saturated heterocycles. The zero-order valence-corrected chi connectivity index (χ0v) is 13.1. The maximum atomic E-state index is 6.46. The maximum Gasteiger partial charge on any atom is 0.163 e. The van der Waals surface area contributed by atoms with Crippen molar-refractivity contribution >= 4 is 0 Å². The van der Waals surface area contributed by atoms with Gasteiger partial charge in [-0.15, -0.1) is 0 Å². The molecule has 0 aromatic heterocycles. The largest absolute Gasteiger partial charge is 0.492 e. The molecule has 1 saturated carbocycles. The van der Waals surface area contributed by atoms with Crippen LogP contribution in [-0.2, 0) is 14.2 Å². The monoisotopic (exact) mass is 278 g/mol. The zero-order valence-electron chi connectivity index (χ0n) is 13.1. The summed E-state index contributed by atoms with van der Waals surface area (Å²) in [7, 11) is 0. The first-order chi connectivity index (χ1) is 9.36. The molecule has 0 N–H and O–H groups in total. The molecule has 4 aliphatic rings. The summed E-state index contributed by atoms with van der Waals surface area (Å²) < 4.78 is 18.8. The van der Waals surface area contributed by atoms with Gasteiger partial charge in [0.15, 0.2) is 5.79 Å². The van der Waals surface area contributed by atoms with Crippen molar-refractivity contribution in [2.45, 2.75) is 77.3 Å². The Morgan fingerprint density at radius 1 is 1.15 bits per heavy atom. The van der Waals surface area contributed by atoms with E-state index in [9.17, 15) is 0 Å². The van der Waals surface area contributed by atoms with Gasteiger partial charge in [0.2, 0.25) is 0 Å². The average molecular weight is 278 g/mol. The van der Waals surface area contributed by atoms with Crippen molar-refractivity contribution in [1.29, 1.82) is 0 Å². The summed E-state index contributed by atoms with van der Waals surface area (Å²) in [6.07, 6.45) is 6.01. The number of ether oxygens (including phenoxy) is 3. The van der Waals surface area contributed by atoms with Gasteiger partial charge in [0, 0.05) is 11.8 Å². The van der Waals surface area contributed by atoms with E-state index in [2.05, 4.69) is 13.8 Å². The van der Waals surface area contributed by atoms with Crippen molar-refractivity contribution in [3.05, 3.63) is 11.3 Å². The van der Waals surface area contributed by atoms with Crippen LogP contribution >= 0.6 is 0 Å². The van der Waals surface area contributed by atoms with Gasteiger partial charge in [0.25, 0.3) is 0 Å². The third-order valence-corrected chi connectivity index (χ3v) is 6.13. The zero-order chi connectivity index (χ0) is 14.2. The summed E-state index contributed by atoms with van der Waals surface area (Å²) in [6, 6.07) is 0. The summed E-state index contributed by atoms with van der Waals surface area (Å²) in [5.41, 5.74) is 1.39. The molecule has 112 valence electrons. The molecule has 0 radical (unpaired) electrons. The van der Waals surface area contributed by atoms with E-state index in [0.717, 1.165) is 18.8 Å². The first-order valence-corrected chi connectivity index (χ1v) is 8.10. The molecule has 2 aliphatic heterocycles. The van der Waals surface area contributed by atoms with Gasteiger partial charge < -0.3 is 14.2 Å². The molecule has 0 aromatic rings. The van der Waals surface area contributed by atoms with Gasteiger partial charge in [-0.05, 0) is 51.0 Å². The van der Waals surface area contributed by atoms with Crippen molar-refractivity contribution < 1.29 is 14.2 Å². The Balaban J connectivity index is 1.79. The van der Waals surface area contributed by atoms with Crippen LogP contribution < -0.4 is 0 Å². The Hall–Kier alpha value is -0.540. The lowest BCUT2D eigenvalue weighted by Crippen LogP contribution is -2.57. The highest BCUT2D eigenvalue weighted by molar-refractivity contribution is 5.34. The van der Waals surface area contributed by atoms with Gasteiger partial charge >= 0.3 is 0 Å². The normalized spacial score (nSPS) is 49.4. The Morgan fingerprint density at radius 3 is 2.65 bits per heavy atom. The lowest BCUT2D eigenvalue weighted by Gasteiger charge is -2.50. The van der Waals surface area contributed by atoms with Gasteiger partial charge in [-0.2, -0.15) is 0 Å². The number of hydrogen-bond donors (Lipinski definition) is 0. The van der Waals surface area contributed by atoms with Crippen molar-refractivity contribution in [3.63, 3.8) is 0 Å². The van der Waals surface area contributed by atoms with Gasteiger partial charge in [-0.25, -0.2) is 0 Å². The van der Waals surface area contributed by atoms with E-state index in [4.69, 9.17) is 14.2 Å². The lowest BCUT2D eigenvalue weighted by molar-refractivity contribution is -0.209. The topological polar surface area (TPSA) is 27.7 Å². The first-order valence-electron chi connectivity index (χ1n) is 8.10. The van der Waals surface area contributed by atoms with E-state index in [1.165, 1.54) is 30.6 Å². The molecule has 2 heterocycles. The Kier molecular flexibility index (Phi) is 2.50. The van der Waals surface area contributed by atoms with E-state index >= 15 is 0 Å². The fraction of sp³-hybridized carbons (Fsp3) is 0.882. The summed E-state index contributed by atoms with van der Waals surface area (Å²) >= 11 is 0. The predicted octanol–water partition coefficient (Wildman–Crippen LogP) is 3.78. The fourth-order valence-electron chi connectivity index (χ4n) is 4.94. The number of hydrogen-bond acceptors (Lipinski definition) is 3. The molecule has 1 spiro atoms. The summed E-state index contributed by atoms with van der Waals surface area (Å²) in [4.78, 5) is 0. The Labute approximate surface area is 121 Å². The third kappa shape index (κ3) is 1.48. The molecule has 3 heteroatoms. The van der Waals surface area contributed by atoms with Crippen molar-refractivity contribution in [1.82, 2.24) is 0 Å². The highest BCUT2D eigenvalue weighted by Gasteiger charge is 2.69. The summed E-state index contributed by atoms with van der Waals surface area (Å²) in [5.74, 6) is 1.56. The van der Waals surface area contributed by atoms with Crippen LogP contribution in [0.4, 0.5) is 0 Å². The minimum absolute atomic E-state index is 0.110. The average Bonchev–Trinajstić information content (AvgIpc) is 2.76. The van der Waals surface area contributed by atoms with Gasteiger partial charge in [-0.3, -0.25) is 0 Å². The molecule has 2 bridgehead atoms. The maximum absolute atomic E-state index is 6.46. The molecule has 3 nitrogen and oxygen atoms in total. The van der Waals surface area contributed by atoms with Crippen LogP contribution in [0.25, 0.3) is 0 Å². The molecule has 20 heavy (non-hydrogen) atoms. The van der Waals surface area contributed by atoms with Crippen LogP contribution in [0.2, 0.25) is 0 Å².